The molecule has 0 radical (unpaired) electrons. The van der Waals surface area contributed by atoms with Crippen LogP contribution in [0, 0.1) is 0 Å². The molecule has 1 unspecified atom stereocenters. The normalized spacial score (nSPS) is 12.7. The summed E-state index contributed by atoms with van der Waals surface area (Å²) >= 11 is 1.69. The second-order valence-corrected chi connectivity index (χ2v) is 4.67. The molecule has 0 aliphatic rings. The average molecular weight is 217 g/mol. The minimum absolute atomic E-state index is 0.630. The lowest BCUT2D eigenvalue weighted by Gasteiger charge is -2.09. The van der Waals surface area contributed by atoms with Crippen LogP contribution in [-0.2, 0) is 0 Å². The van der Waals surface area contributed by atoms with Crippen molar-refractivity contribution >= 4 is 11.3 Å². The maximum atomic E-state index is 4.33. The molecule has 2 aromatic rings. The third-order valence-electron chi connectivity index (χ3n) is 2.75. The molecule has 0 aliphatic heterocycles. The van der Waals surface area contributed by atoms with Gasteiger partial charge < -0.3 is 0 Å². The van der Waals surface area contributed by atoms with Crippen LogP contribution in [0.5, 0.6) is 0 Å². The molecule has 0 N–H and O–H groups in total. The molecule has 0 amide bonds. The molecule has 78 valence electrons. The van der Waals surface area contributed by atoms with Gasteiger partial charge in [-0.3, -0.25) is 0 Å². The zero-order chi connectivity index (χ0) is 10.7. The summed E-state index contributed by atoms with van der Waals surface area (Å²) in [6, 6.07) is 8.71. The first-order valence-corrected chi connectivity index (χ1v) is 6.19. The van der Waals surface area contributed by atoms with Gasteiger partial charge in [0.25, 0.3) is 0 Å². The summed E-state index contributed by atoms with van der Waals surface area (Å²) in [5, 5.41) is 3.13. The molecule has 2 rings (SSSR count). The molecule has 0 fully saturated rings. The molecular weight excluding hydrogens is 202 g/mol. The quantitative estimate of drug-likeness (QED) is 0.746. The van der Waals surface area contributed by atoms with Crippen LogP contribution in [0.15, 0.2) is 35.8 Å². The molecular formula is C13H15NS. The van der Waals surface area contributed by atoms with Crippen molar-refractivity contribution in [3.63, 3.8) is 0 Å². The van der Waals surface area contributed by atoms with Gasteiger partial charge in [0, 0.05) is 17.1 Å². The minimum atomic E-state index is 0.630. The molecule has 1 nitrogen and oxygen atoms in total. The molecule has 0 saturated heterocycles. The van der Waals surface area contributed by atoms with Crippen molar-refractivity contribution < 1.29 is 0 Å². The summed E-state index contributed by atoms with van der Waals surface area (Å²) < 4.78 is 0. The van der Waals surface area contributed by atoms with Crippen LogP contribution in [0.1, 0.15) is 31.7 Å². The summed E-state index contributed by atoms with van der Waals surface area (Å²) in [7, 11) is 0. The van der Waals surface area contributed by atoms with Gasteiger partial charge in [0.15, 0.2) is 0 Å². The van der Waals surface area contributed by atoms with E-state index in [4.69, 9.17) is 0 Å². The highest BCUT2D eigenvalue weighted by atomic mass is 32.1. The van der Waals surface area contributed by atoms with Gasteiger partial charge in [0.2, 0.25) is 0 Å². The van der Waals surface area contributed by atoms with E-state index in [1.54, 1.807) is 11.3 Å². The highest BCUT2D eigenvalue weighted by Gasteiger charge is 2.05. The van der Waals surface area contributed by atoms with Crippen LogP contribution < -0.4 is 0 Å². The van der Waals surface area contributed by atoms with Crippen LogP contribution in [0.4, 0.5) is 0 Å². The second-order valence-electron chi connectivity index (χ2n) is 3.77. The van der Waals surface area contributed by atoms with E-state index in [1.165, 1.54) is 17.5 Å². The van der Waals surface area contributed by atoms with Crippen molar-refractivity contribution in [1.82, 2.24) is 4.98 Å². The summed E-state index contributed by atoms with van der Waals surface area (Å²) in [6.45, 7) is 4.49. The van der Waals surface area contributed by atoms with E-state index < -0.39 is 0 Å². The lowest BCUT2D eigenvalue weighted by atomic mass is 9.97. The topological polar surface area (TPSA) is 12.9 Å². The van der Waals surface area contributed by atoms with Crippen LogP contribution in [-0.4, -0.2) is 4.98 Å². The fraction of sp³-hybridized carbons (Fsp3) is 0.308. The molecule has 0 bridgehead atoms. The van der Waals surface area contributed by atoms with Crippen molar-refractivity contribution in [1.29, 1.82) is 0 Å². The molecule has 1 heterocycles. The molecule has 15 heavy (non-hydrogen) atoms. The van der Waals surface area contributed by atoms with Gasteiger partial charge >= 0.3 is 0 Å². The Bertz CT molecular complexity index is 420. The van der Waals surface area contributed by atoms with E-state index in [-0.39, 0.29) is 0 Å². The minimum Gasteiger partial charge on any atom is -0.245 e. The SMILES string of the molecule is CCC(C)c1cccc(-c2nccs2)c1. The molecule has 1 aromatic carbocycles. The Balaban J connectivity index is 2.35. The largest absolute Gasteiger partial charge is 0.245 e. The summed E-state index contributed by atoms with van der Waals surface area (Å²) in [6.07, 6.45) is 3.04. The van der Waals surface area contributed by atoms with Gasteiger partial charge in [-0.05, 0) is 24.0 Å². The maximum absolute atomic E-state index is 4.33. The Morgan fingerprint density at radius 2 is 2.27 bits per heavy atom. The molecule has 0 spiro atoms. The zero-order valence-electron chi connectivity index (χ0n) is 9.10. The first-order valence-electron chi connectivity index (χ1n) is 5.31. The fourth-order valence-electron chi connectivity index (χ4n) is 1.58. The number of hydrogen-bond acceptors (Lipinski definition) is 2. The Morgan fingerprint density at radius 1 is 1.40 bits per heavy atom. The van der Waals surface area contributed by atoms with E-state index in [0.717, 1.165) is 5.01 Å². The summed E-state index contributed by atoms with van der Waals surface area (Å²) in [4.78, 5) is 4.33. The number of hydrogen-bond donors (Lipinski definition) is 0. The maximum Gasteiger partial charge on any atom is 0.123 e. The number of benzene rings is 1. The van der Waals surface area contributed by atoms with Gasteiger partial charge in [0.05, 0.1) is 0 Å². The van der Waals surface area contributed by atoms with E-state index >= 15 is 0 Å². The number of thiazole rings is 1. The van der Waals surface area contributed by atoms with Gasteiger partial charge in [-0.2, -0.15) is 0 Å². The van der Waals surface area contributed by atoms with E-state index in [2.05, 4.69) is 43.1 Å². The van der Waals surface area contributed by atoms with E-state index in [9.17, 15) is 0 Å². The number of aromatic nitrogens is 1. The van der Waals surface area contributed by atoms with Crippen molar-refractivity contribution in [2.75, 3.05) is 0 Å². The lowest BCUT2D eigenvalue weighted by molar-refractivity contribution is 0.734. The fourth-order valence-corrected chi connectivity index (χ4v) is 2.22. The van der Waals surface area contributed by atoms with Crippen LogP contribution in [0.25, 0.3) is 10.6 Å². The summed E-state index contributed by atoms with van der Waals surface area (Å²) in [5.41, 5.74) is 2.65. The van der Waals surface area contributed by atoms with Crippen molar-refractivity contribution in [2.24, 2.45) is 0 Å². The second kappa shape index (κ2) is 4.58. The predicted molar refractivity (Wildman–Crippen MR) is 66.3 cm³/mol. The Morgan fingerprint density at radius 3 is 2.93 bits per heavy atom. The highest BCUT2D eigenvalue weighted by Crippen LogP contribution is 2.26. The standard InChI is InChI=1S/C13H15NS/c1-3-10(2)11-5-4-6-12(9-11)13-14-7-8-15-13/h4-10H,3H2,1-2H3. The van der Waals surface area contributed by atoms with E-state index in [1.807, 2.05) is 11.6 Å². The van der Waals surface area contributed by atoms with Crippen molar-refractivity contribution in [3.05, 3.63) is 41.4 Å². The molecule has 1 aromatic heterocycles. The van der Waals surface area contributed by atoms with Gasteiger partial charge in [-0.1, -0.05) is 32.0 Å². The lowest BCUT2D eigenvalue weighted by Crippen LogP contribution is -1.91. The number of rotatable bonds is 3. The third kappa shape index (κ3) is 2.26. The van der Waals surface area contributed by atoms with Crippen molar-refractivity contribution in [3.8, 4) is 10.6 Å². The average Bonchev–Trinajstić information content (AvgIpc) is 2.82. The zero-order valence-corrected chi connectivity index (χ0v) is 9.92. The van der Waals surface area contributed by atoms with Gasteiger partial charge in [0.1, 0.15) is 5.01 Å². The van der Waals surface area contributed by atoms with E-state index in [0.29, 0.717) is 5.92 Å². The van der Waals surface area contributed by atoms with Crippen LogP contribution in [0.3, 0.4) is 0 Å². The predicted octanol–water partition coefficient (Wildman–Crippen LogP) is 4.32. The monoisotopic (exact) mass is 217 g/mol. The van der Waals surface area contributed by atoms with Gasteiger partial charge in [-0.15, -0.1) is 11.3 Å². The van der Waals surface area contributed by atoms with Gasteiger partial charge in [-0.25, -0.2) is 4.98 Å². The Hall–Kier alpha value is -1.15. The molecule has 1 atom stereocenters. The van der Waals surface area contributed by atoms with Crippen LogP contribution in [0.2, 0.25) is 0 Å². The van der Waals surface area contributed by atoms with Crippen molar-refractivity contribution in [2.45, 2.75) is 26.2 Å². The smallest absolute Gasteiger partial charge is 0.123 e. The Labute approximate surface area is 94.8 Å². The molecule has 0 saturated carbocycles. The Kier molecular flexibility index (Phi) is 3.17. The molecule has 2 heteroatoms. The molecule has 0 aliphatic carbocycles. The first-order chi connectivity index (χ1) is 7.31. The highest BCUT2D eigenvalue weighted by molar-refractivity contribution is 7.13. The first kappa shape index (κ1) is 10.4. The summed E-state index contributed by atoms with van der Waals surface area (Å²) in [5.74, 6) is 0.630. The number of nitrogens with zero attached hydrogens (tertiary/aromatic N) is 1. The third-order valence-corrected chi connectivity index (χ3v) is 3.57. The van der Waals surface area contributed by atoms with Crippen LogP contribution >= 0.6 is 11.3 Å².